The van der Waals surface area contributed by atoms with Crippen LogP contribution in [0.5, 0.6) is 0 Å². The number of carbonyl (C=O) groups is 1. The van der Waals surface area contributed by atoms with Crippen molar-refractivity contribution in [2.45, 2.75) is 59.3 Å². The molecule has 210 valence electrons. The summed E-state index contributed by atoms with van der Waals surface area (Å²) in [5.41, 5.74) is 3.88. The number of carbonyl (C=O) groups excluding carboxylic acids is 1. The third-order valence-corrected chi connectivity index (χ3v) is 9.44. The van der Waals surface area contributed by atoms with Crippen LogP contribution >= 0.6 is 22.9 Å². The van der Waals surface area contributed by atoms with Crippen LogP contribution in [0.1, 0.15) is 72.8 Å². The van der Waals surface area contributed by atoms with E-state index in [0.29, 0.717) is 38.4 Å². The number of benzene rings is 2. The molecule has 2 aromatic carbocycles. The second-order valence-electron chi connectivity index (χ2n) is 11.8. The maximum absolute atomic E-state index is 13.6. The standard InChI is InChI=1S/C31H35ClN4O3S/c1-31(2,3)21-8-13-24-27(18-21)40-30(28(24)29(37)34-23-11-9-22(32)10-12-23)33-19-20-7-14-25(26(17-20)36(38)39)35-15-5-4-6-16-35/h7,9-12,14,17,19,21H,4-6,8,13,15-16,18H2,1-3H3,(H,34,37)/t21-/m1/s1. The smallest absolute Gasteiger partial charge is 0.293 e. The van der Waals surface area contributed by atoms with E-state index >= 15 is 0 Å². The van der Waals surface area contributed by atoms with Crippen LogP contribution in [0.15, 0.2) is 47.5 Å². The average molecular weight is 579 g/mol. The van der Waals surface area contributed by atoms with E-state index in [0.717, 1.165) is 57.2 Å². The first-order valence-corrected chi connectivity index (χ1v) is 15.1. The number of nitro groups is 1. The number of nitrogens with one attached hydrogen (secondary N) is 1. The van der Waals surface area contributed by atoms with Gasteiger partial charge in [0.05, 0.1) is 10.5 Å². The van der Waals surface area contributed by atoms with Crippen molar-refractivity contribution in [1.29, 1.82) is 0 Å². The number of halogens is 1. The summed E-state index contributed by atoms with van der Waals surface area (Å²) >= 11 is 7.58. The molecule has 1 aromatic heterocycles. The largest absolute Gasteiger partial charge is 0.366 e. The number of nitrogens with zero attached hydrogens (tertiary/aromatic N) is 3. The zero-order chi connectivity index (χ0) is 28.4. The third-order valence-electron chi connectivity index (χ3n) is 8.02. The number of piperidine rings is 1. The van der Waals surface area contributed by atoms with Crippen LogP contribution in [0.2, 0.25) is 5.02 Å². The molecule has 3 aromatic rings. The molecule has 7 nitrogen and oxygen atoms in total. The summed E-state index contributed by atoms with van der Waals surface area (Å²) in [6.07, 6.45) is 7.64. The summed E-state index contributed by atoms with van der Waals surface area (Å²) in [6, 6.07) is 12.3. The van der Waals surface area contributed by atoms with Gasteiger partial charge in [-0.3, -0.25) is 14.9 Å². The molecule has 0 bridgehead atoms. The molecule has 1 aliphatic carbocycles. The molecule has 1 atom stereocenters. The molecule has 0 spiro atoms. The minimum Gasteiger partial charge on any atom is -0.366 e. The van der Waals surface area contributed by atoms with Gasteiger partial charge in [0.15, 0.2) is 0 Å². The van der Waals surface area contributed by atoms with E-state index in [4.69, 9.17) is 16.6 Å². The number of fused-ring (bicyclic) bond motifs is 1. The van der Waals surface area contributed by atoms with Gasteiger partial charge < -0.3 is 10.2 Å². The highest BCUT2D eigenvalue weighted by molar-refractivity contribution is 7.16. The summed E-state index contributed by atoms with van der Waals surface area (Å²) < 4.78 is 0. The Kier molecular flexibility index (Phi) is 8.29. The molecular formula is C31H35ClN4O3S. The lowest BCUT2D eigenvalue weighted by Gasteiger charge is -2.33. The fraction of sp³-hybridized carbons (Fsp3) is 0.419. The minimum absolute atomic E-state index is 0.0880. The van der Waals surface area contributed by atoms with E-state index < -0.39 is 0 Å². The maximum Gasteiger partial charge on any atom is 0.293 e. The number of nitro benzene ring substituents is 1. The van der Waals surface area contributed by atoms with Gasteiger partial charge in [0.2, 0.25) is 0 Å². The van der Waals surface area contributed by atoms with E-state index in [1.54, 1.807) is 47.9 Å². The van der Waals surface area contributed by atoms with Crippen LogP contribution in [0.25, 0.3) is 0 Å². The zero-order valence-electron chi connectivity index (χ0n) is 23.2. The molecule has 1 saturated heterocycles. The highest BCUT2D eigenvalue weighted by Gasteiger charge is 2.33. The van der Waals surface area contributed by atoms with Gasteiger partial charge >= 0.3 is 0 Å². The Balaban J connectivity index is 1.48. The van der Waals surface area contributed by atoms with Gasteiger partial charge in [-0.05, 0) is 91.3 Å². The van der Waals surface area contributed by atoms with E-state index in [2.05, 4.69) is 31.0 Å². The Morgan fingerprint density at radius 1 is 1.15 bits per heavy atom. The van der Waals surface area contributed by atoms with Gasteiger partial charge in [-0.1, -0.05) is 38.4 Å². The topological polar surface area (TPSA) is 87.8 Å². The first kappa shape index (κ1) is 28.3. The van der Waals surface area contributed by atoms with Crippen molar-refractivity contribution in [2.75, 3.05) is 23.3 Å². The van der Waals surface area contributed by atoms with Crippen molar-refractivity contribution in [2.24, 2.45) is 16.3 Å². The van der Waals surface area contributed by atoms with Crippen molar-refractivity contribution in [3.8, 4) is 0 Å². The molecule has 2 heterocycles. The Morgan fingerprint density at radius 3 is 2.55 bits per heavy atom. The van der Waals surface area contributed by atoms with Crippen LogP contribution in [-0.4, -0.2) is 30.1 Å². The lowest BCUT2D eigenvalue weighted by Crippen LogP contribution is -2.29. The highest BCUT2D eigenvalue weighted by Crippen LogP contribution is 2.45. The van der Waals surface area contributed by atoms with E-state index in [1.165, 1.54) is 4.88 Å². The van der Waals surface area contributed by atoms with Crippen molar-refractivity contribution in [1.82, 2.24) is 0 Å². The number of hydrogen-bond acceptors (Lipinski definition) is 6. The Bertz CT molecular complexity index is 1440. The van der Waals surface area contributed by atoms with E-state index in [1.807, 2.05) is 12.1 Å². The fourth-order valence-electron chi connectivity index (χ4n) is 5.66. The molecule has 1 fully saturated rings. The molecule has 9 heteroatoms. The summed E-state index contributed by atoms with van der Waals surface area (Å²) in [4.78, 5) is 33.3. The SMILES string of the molecule is CC(C)(C)[C@@H]1CCc2c(sc(N=Cc3ccc(N4CCCCC4)c([N+](=O)[O-])c3)c2C(=O)Nc2ccc(Cl)cc2)C1. The first-order chi connectivity index (χ1) is 19.1. The van der Waals surface area contributed by atoms with Gasteiger partial charge in [0, 0.05) is 41.0 Å². The highest BCUT2D eigenvalue weighted by atomic mass is 35.5. The number of thiophene rings is 1. The summed E-state index contributed by atoms with van der Waals surface area (Å²) in [5, 5.41) is 16.2. The third kappa shape index (κ3) is 6.23. The molecule has 0 radical (unpaired) electrons. The lowest BCUT2D eigenvalue weighted by molar-refractivity contribution is -0.384. The Labute approximate surface area is 244 Å². The Hall–Kier alpha value is -3.23. The second-order valence-corrected chi connectivity index (χ2v) is 13.3. The molecule has 1 amide bonds. The lowest BCUT2D eigenvalue weighted by atomic mass is 9.72. The minimum atomic E-state index is -0.317. The predicted molar refractivity (Wildman–Crippen MR) is 165 cm³/mol. The number of aliphatic imine (C=N–C) groups is 1. The fourth-order valence-corrected chi connectivity index (χ4v) is 7.06. The normalized spacial score (nSPS) is 17.6. The van der Waals surface area contributed by atoms with Crippen LogP contribution in [0.4, 0.5) is 22.1 Å². The monoisotopic (exact) mass is 578 g/mol. The van der Waals surface area contributed by atoms with Crippen LogP contribution < -0.4 is 10.2 Å². The van der Waals surface area contributed by atoms with Gasteiger partial charge in [-0.15, -0.1) is 11.3 Å². The predicted octanol–water partition coefficient (Wildman–Crippen LogP) is 8.45. The van der Waals surface area contributed by atoms with Gasteiger partial charge in [-0.2, -0.15) is 0 Å². The van der Waals surface area contributed by atoms with Gasteiger partial charge in [0.25, 0.3) is 11.6 Å². The number of hydrogen-bond donors (Lipinski definition) is 1. The summed E-state index contributed by atoms with van der Waals surface area (Å²) in [7, 11) is 0. The van der Waals surface area contributed by atoms with E-state index in [-0.39, 0.29) is 21.9 Å². The number of anilines is 2. The van der Waals surface area contributed by atoms with Crippen LogP contribution in [-0.2, 0) is 12.8 Å². The first-order valence-electron chi connectivity index (χ1n) is 13.9. The molecule has 5 rings (SSSR count). The molecule has 40 heavy (non-hydrogen) atoms. The molecule has 1 N–H and O–H groups in total. The van der Waals surface area contributed by atoms with Crippen molar-refractivity contribution >= 4 is 57.1 Å². The van der Waals surface area contributed by atoms with Gasteiger partial charge in [0.1, 0.15) is 10.7 Å². The maximum atomic E-state index is 13.6. The summed E-state index contributed by atoms with van der Waals surface area (Å²) in [6.45, 7) is 8.46. The van der Waals surface area contributed by atoms with Crippen LogP contribution in [0.3, 0.4) is 0 Å². The van der Waals surface area contributed by atoms with Crippen molar-refractivity contribution < 1.29 is 9.72 Å². The molecule has 2 aliphatic rings. The quantitative estimate of drug-likeness (QED) is 0.180. The molecular weight excluding hydrogens is 544 g/mol. The molecule has 0 saturated carbocycles. The average Bonchev–Trinajstić information content (AvgIpc) is 3.31. The zero-order valence-corrected chi connectivity index (χ0v) is 24.8. The molecule has 0 unspecified atom stereocenters. The van der Waals surface area contributed by atoms with Crippen molar-refractivity contribution in [3.05, 3.63) is 79.2 Å². The second kappa shape index (κ2) is 11.7. The van der Waals surface area contributed by atoms with Crippen LogP contribution in [0, 0.1) is 21.4 Å². The van der Waals surface area contributed by atoms with Crippen molar-refractivity contribution in [3.63, 3.8) is 0 Å². The Morgan fingerprint density at radius 2 is 1.88 bits per heavy atom. The summed E-state index contributed by atoms with van der Waals surface area (Å²) in [5.74, 6) is 0.320. The molecule has 1 aliphatic heterocycles. The number of rotatable bonds is 6. The van der Waals surface area contributed by atoms with E-state index in [9.17, 15) is 14.9 Å². The number of amides is 1. The van der Waals surface area contributed by atoms with Gasteiger partial charge in [-0.25, -0.2) is 4.99 Å².